The van der Waals surface area contributed by atoms with Crippen molar-refractivity contribution in [2.75, 3.05) is 0 Å². The zero-order chi connectivity index (χ0) is 14.7. The van der Waals surface area contributed by atoms with Gasteiger partial charge in [0, 0.05) is 0 Å². The highest BCUT2D eigenvalue weighted by Gasteiger charge is 2.34. The first-order valence-electron chi connectivity index (χ1n) is 9.94. The summed E-state index contributed by atoms with van der Waals surface area (Å²) >= 11 is 0. The predicted molar refractivity (Wildman–Crippen MR) is 89.2 cm³/mol. The first kappa shape index (κ1) is 15.8. The molecule has 0 aromatic carbocycles. The minimum atomic E-state index is 0.0193. The Kier molecular flexibility index (Phi) is 5.65. The average Bonchev–Trinajstić information content (AvgIpc) is 2.55. The number of aliphatic hydroxyl groups excluding tert-OH is 1. The van der Waals surface area contributed by atoms with Gasteiger partial charge in [-0.15, -0.1) is 0 Å². The van der Waals surface area contributed by atoms with Gasteiger partial charge in [0.25, 0.3) is 0 Å². The van der Waals surface area contributed by atoms with E-state index in [9.17, 15) is 5.11 Å². The minimum absolute atomic E-state index is 0.0193. The van der Waals surface area contributed by atoms with Crippen molar-refractivity contribution in [3.8, 4) is 0 Å². The monoisotopic (exact) mass is 292 g/mol. The normalized spacial score (nSPS) is 45.4. The first-order chi connectivity index (χ1) is 10.3. The van der Waals surface area contributed by atoms with Crippen molar-refractivity contribution in [2.24, 2.45) is 29.6 Å². The van der Waals surface area contributed by atoms with Crippen molar-refractivity contribution >= 4 is 0 Å². The van der Waals surface area contributed by atoms with E-state index in [1.807, 2.05) is 0 Å². The van der Waals surface area contributed by atoms with Gasteiger partial charge in [-0.2, -0.15) is 0 Å². The second-order valence-electron chi connectivity index (χ2n) is 8.44. The van der Waals surface area contributed by atoms with Crippen LogP contribution in [0.2, 0.25) is 0 Å². The van der Waals surface area contributed by atoms with Crippen molar-refractivity contribution in [3.05, 3.63) is 0 Å². The van der Waals surface area contributed by atoms with Crippen LogP contribution in [0.1, 0.15) is 90.4 Å². The lowest BCUT2D eigenvalue weighted by Gasteiger charge is -2.41. The van der Waals surface area contributed by atoms with E-state index in [2.05, 4.69) is 6.92 Å². The van der Waals surface area contributed by atoms with Crippen molar-refractivity contribution in [3.63, 3.8) is 0 Å². The van der Waals surface area contributed by atoms with Gasteiger partial charge in [0.1, 0.15) is 0 Å². The lowest BCUT2D eigenvalue weighted by Crippen LogP contribution is -2.31. The molecule has 3 fully saturated rings. The van der Waals surface area contributed by atoms with Crippen LogP contribution >= 0.6 is 0 Å². The summed E-state index contributed by atoms with van der Waals surface area (Å²) in [6, 6.07) is 0. The lowest BCUT2D eigenvalue weighted by atomic mass is 9.65. The van der Waals surface area contributed by atoms with Gasteiger partial charge >= 0.3 is 0 Å². The fraction of sp³-hybridized carbons (Fsp3) is 1.00. The molecule has 0 amide bonds. The summed E-state index contributed by atoms with van der Waals surface area (Å²) in [5, 5.41) is 9.91. The van der Waals surface area contributed by atoms with Gasteiger partial charge < -0.3 is 5.11 Å². The Morgan fingerprint density at radius 3 is 1.71 bits per heavy atom. The Morgan fingerprint density at radius 1 is 0.667 bits per heavy atom. The molecule has 0 saturated heterocycles. The highest BCUT2D eigenvalue weighted by molar-refractivity contribution is 4.85. The highest BCUT2D eigenvalue weighted by atomic mass is 16.3. The van der Waals surface area contributed by atoms with E-state index in [-0.39, 0.29) is 6.10 Å². The Balaban J connectivity index is 1.43. The van der Waals surface area contributed by atoms with Gasteiger partial charge in [-0.1, -0.05) is 32.6 Å². The van der Waals surface area contributed by atoms with Crippen LogP contribution in [0.15, 0.2) is 0 Å². The van der Waals surface area contributed by atoms with Crippen molar-refractivity contribution in [2.45, 2.75) is 96.5 Å². The largest absolute Gasteiger partial charge is 0.393 e. The summed E-state index contributed by atoms with van der Waals surface area (Å²) in [6.45, 7) is 2.37. The topological polar surface area (TPSA) is 20.2 Å². The van der Waals surface area contributed by atoms with Crippen LogP contribution in [-0.2, 0) is 0 Å². The molecule has 0 aromatic rings. The lowest BCUT2D eigenvalue weighted by molar-refractivity contribution is 0.0555. The molecule has 1 N–H and O–H groups in total. The summed E-state index contributed by atoms with van der Waals surface area (Å²) < 4.78 is 0. The smallest absolute Gasteiger partial charge is 0.0543 e. The van der Waals surface area contributed by atoms with E-state index in [1.54, 1.807) is 0 Å². The first-order valence-corrected chi connectivity index (χ1v) is 9.94. The Bertz CT molecular complexity index is 297. The minimum Gasteiger partial charge on any atom is -0.393 e. The average molecular weight is 293 g/mol. The molecule has 2 atom stereocenters. The Morgan fingerprint density at radius 2 is 1.19 bits per heavy atom. The Hall–Kier alpha value is -0.0400. The second-order valence-corrected chi connectivity index (χ2v) is 8.44. The van der Waals surface area contributed by atoms with Crippen LogP contribution in [-0.4, -0.2) is 11.2 Å². The van der Waals surface area contributed by atoms with Crippen LogP contribution in [0.25, 0.3) is 0 Å². The zero-order valence-electron chi connectivity index (χ0n) is 14.1. The molecular formula is C20H36O. The summed E-state index contributed by atoms with van der Waals surface area (Å²) in [7, 11) is 0. The SMILES string of the molecule is CCC1CCC(C2CCC(C3CCCC(O)C3)CC2)CC1. The van der Waals surface area contributed by atoms with Gasteiger partial charge in [0.05, 0.1) is 6.10 Å². The number of aliphatic hydroxyl groups is 1. The molecule has 1 nitrogen and oxygen atoms in total. The van der Waals surface area contributed by atoms with Crippen molar-refractivity contribution in [1.82, 2.24) is 0 Å². The maximum absolute atomic E-state index is 9.91. The number of hydrogen-bond donors (Lipinski definition) is 1. The molecule has 21 heavy (non-hydrogen) atoms. The molecule has 0 aliphatic heterocycles. The van der Waals surface area contributed by atoms with Gasteiger partial charge in [0.15, 0.2) is 0 Å². The third kappa shape index (κ3) is 4.03. The molecule has 3 aliphatic rings. The number of rotatable bonds is 3. The van der Waals surface area contributed by atoms with Gasteiger partial charge in [-0.05, 0) is 87.4 Å². The van der Waals surface area contributed by atoms with Crippen molar-refractivity contribution in [1.29, 1.82) is 0 Å². The van der Waals surface area contributed by atoms with E-state index >= 15 is 0 Å². The van der Waals surface area contributed by atoms with Gasteiger partial charge in [-0.25, -0.2) is 0 Å². The molecule has 3 rings (SSSR count). The molecule has 122 valence electrons. The molecule has 2 unspecified atom stereocenters. The molecule has 0 bridgehead atoms. The van der Waals surface area contributed by atoms with Crippen LogP contribution in [0, 0.1) is 29.6 Å². The highest BCUT2D eigenvalue weighted by Crippen LogP contribution is 2.45. The predicted octanol–water partition coefficient (Wildman–Crippen LogP) is 5.56. The summed E-state index contributed by atoms with van der Waals surface area (Å²) in [5.41, 5.74) is 0. The molecule has 3 saturated carbocycles. The quantitative estimate of drug-likeness (QED) is 0.722. The standard InChI is InChI=1S/C20H36O/c1-2-15-6-8-16(9-7-15)17-10-12-18(13-11-17)19-4-3-5-20(21)14-19/h15-21H,2-14H2,1H3. The summed E-state index contributed by atoms with van der Waals surface area (Å²) in [4.78, 5) is 0. The Labute approximate surface area is 131 Å². The zero-order valence-corrected chi connectivity index (χ0v) is 14.1. The van der Waals surface area contributed by atoms with Gasteiger partial charge in [0.2, 0.25) is 0 Å². The molecule has 1 heteroatoms. The van der Waals surface area contributed by atoms with E-state index < -0.39 is 0 Å². The third-order valence-corrected chi connectivity index (χ3v) is 7.31. The maximum atomic E-state index is 9.91. The van der Waals surface area contributed by atoms with Crippen LogP contribution in [0.4, 0.5) is 0 Å². The molecule has 0 aromatic heterocycles. The van der Waals surface area contributed by atoms with Crippen LogP contribution in [0.5, 0.6) is 0 Å². The van der Waals surface area contributed by atoms with Crippen LogP contribution < -0.4 is 0 Å². The molecular weight excluding hydrogens is 256 g/mol. The fourth-order valence-corrected chi connectivity index (χ4v) is 5.78. The van der Waals surface area contributed by atoms with Crippen LogP contribution in [0.3, 0.4) is 0 Å². The maximum Gasteiger partial charge on any atom is 0.0543 e. The fourth-order valence-electron chi connectivity index (χ4n) is 5.78. The molecule has 0 radical (unpaired) electrons. The molecule has 3 aliphatic carbocycles. The second kappa shape index (κ2) is 7.49. The summed E-state index contributed by atoms with van der Waals surface area (Å²) in [6.07, 6.45) is 18.3. The van der Waals surface area contributed by atoms with E-state index in [1.165, 1.54) is 70.6 Å². The molecule has 0 spiro atoms. The van der Waals surface area contributed by atoms with E-state index in [0.29, 0.717) is 0 Å². The summed E-state index contributed by atoms with van der Waals surface area (Å²) in [5.74, 6) is 4.95. The molecule has 0 heterocycles. The number of hydrogen-bond acceptors (Lipinski definition) is 1. The van der Waals surface area contributed by atoms with Gasteiger partial charge in [-0.3, -0.25) is 0 Å². The van der Waals surface area contributed by atoms with Crippen molar-refractivity contribution < 1.29 is 5.11 Å². The van der Waals surface area contributed by atoms with E-state index in [0.717, 1.165) is 42.4 Å². The third-order valence-electron chi connectivity index (χ3n) is 7.31. The van der Waals surface area contributed by atoms with E-state index in [4.69, 9.17) is 0 Å².